The van der Waals surface area contributed by atoms with Crippen molar-refractivity contribution in [1.29, 1.82) is 0 Å². The summed E-state index contributed by atoms with van der Waals surface area (Å²) >= 11 is 5.42. The lowest BCUT2D eigenvalue weighted by Crippen LogP contribution is -2.48. The molecule has 82 valence electrons. The summed E-state index contributed by atoms with van der Waals surface area (Å²) in [7, 11) is -1.37. The Morgan fingerprint density at radius 1 is 1.57 bits per heavy atom. The molecule has 0 aromatic carbocycles. The zero-order chi connectivity index (χ0) is 11.0. The standard InChI is InChI=1S/C8H14ClNO3S/c1-8(10(2)7(11)5-9)3-4-14(12,13)6-8/h3-6H2,1-2H3. The van der Waals surface area contributed by atoms with E-state index in [1.54, 1.807) is 14.0 Å². The fraction of sp³-hybridized carbons (Fsp3) is 0.875. The lowest BCUT2D eigenvalue weighted by molar-refractivity contribution is -0.131. The second-order valence-corrected chi connectivity index (χ2v) is 6.38. The van der Waals surface area contributed by atoms with Crippen molar-refractivity contribution < 1.29 is 13.2 Å². The molecule has 0 bridgehead atoms. The average molecular weight is 240 g/mol. The molecule has 1 aliphatic heterocycles. The Morgan fingerprint density at radius 2 is 2.14 bits per heavy atom. The molecule has 1 aliphatic rings. The summed E-state index contributed by atoms with van der Waals surface area (Å²) in [6.07, 6.45) is 0.495. The molecule has 0 aliphatic carbocycles. The second kappa shape index (κ2) is 3.70. The zero-order valence-electron chi connectivity index (χ0n) is 8.29. The van der Waals surface area contributed by atoms with Crippen LogP contribution in [-0.4, -0.2) is 49.2 Å². The van der Waals surface area contributed by atoms with Crippen molar-refractivity contribution in [2.45, 2.75) is 18.9 Å². The van der Waals surface area contributed by atoms with Crippen LogP contribution in [0.4, 0.5) is 0 Å². The van der Waals surface area contributed by atoms with Gasteiger partial charge < -0.3 is 4.90 Å². The number of alkyl halides is 1. The number of amides is 1. The maximum Gasteiger partial charge on any atom is 0.237 e. The molecule has 0 saturated carbocycles. The summed E-state index contributed by atoms with van der Waals surface area (Å²) < 4.78 is 22.6. The first-order chi connectivity index (χ1) is 6.31. The SMILES string of the molecule is CN(C(=O)CCl)C1(C)CCS(=O)(=O)C1. The summed E-state index contributed by atoms with van der Waals surface area (Å²) in [6, 6.07) is 0. The van der Waals surface area contributed by atoms with Crippen LogP contribution in [-0.2, 0) is 14.6 Å². The third kappa shape index (κ3) is 2.20. The fourth-order valence-electron chi connectivity index (χ4n) is 1.65. The molecule has 6 heteroatoms. The Kier molecular flexibility index (Phi) is 3.11. The van der Waals surface area contributed by atoms with Gasteiger partial charge in [0.05, 0.1) is 17.0 Å². The number of halogens is 1. The number of nitrogens with zero attached hydrogens (tertiary/aromatic N) is 1. The highest BCUT2D eigenvalue weighted by molar-refractivity contribution is 7.91. The van der Waals surface area contributed by atoms with E-state index in [-0.39, 0.29) is 23.3 Å². The van der Waals surface area contributed by atoms with Crippen molar-refractivity contribution in [2.75, 3.05) is 24.4 Å². The van der Waals surface area contributed by atoms with Gasteiger partial charge in [-0.25, -0.2) is 8.42 Å². The molecule has 0 N–H and O–H groups in total. The minimum atomic E-state index is -2.98. The van der Waals surface area contributed by atoms with E-state index in [1.165, 1.54) is 4.90 Å². The van der Waals surface area contributed by atoms with Gasteiger partial charge in [0.25, 0.3) is 0 Å². The second-order valence-electron chi connectivity index (χ2n) is 3.93. The molecule has 0 aromatic heterocycles. The van der Waals surface area contributed by atoms with Gasteiger partial charge in [0.1, 0.15) is 5.88 Å². The molecule has 0 spiro atoms. The Morgan fingerprint density at radius 3 is 2.50 bits per heavy atom. The topological polar surface area (TPSA) is 54.5 Å². The highest BCUT2D eigenvalue weighted by Gasteiger charge is 2.42. The molecule has 1 unspecified atom stereocenters. The Labute approximate surface area is 89.1 Å². The summed E-state index contributed by atoms with van der Waals surface area (Å²) in [5.41, 5.74) is -0.579. The van der Waals surface area contributed by atoms with Crippen molar-refractivity contribution in [2.24, 2.45) is 0 Å². The summed E-state index contributed by atoms with van der Waals surface area (Å²) in [6.45, 7) is 1.78. The number of carbonyl (C=O) groups excluding carboxylic acids is 1. The zero-order valence-corrected chi connectivity index (χ0v) is 9.86. The molecule has 1 rings (SSSR count). The Balaban J connectivity index is 2.83. The molecule has 1 amide bonds. The third-order valence-corrected chi connectivity index (χ3v) is 4.90. The normalized spacial score (nSPS) is 30.2. The summed E-state index contributed by atoms with van der Waals surface area (Å²) in [5.74, 6) is -0.138. The molecular weight excluding hydrogens is 226 g/mol. The fourth-order valence-corrected chi connectivity index (χ4v) is 4.01. The Hall–Kier alpha value is -0.290. The number of hydrogen-bond acceptors (Lipinski definition) is 3. The first kappa shape index (κ1) is 11.8. The average Bonchev–Trinajstić information content (AvgIpc) is 2.39. The number of rotatable bonds is 2. The van der Waals surface area contributed by atoms with Crippen LogP contribution in [0.3, 0.4) is 0 Å². The van der Waals surface area contributed by atoms with Crippen LogP contribution in [0.1, 0.15) is 13.3 Å². The predicted molar refractivity (Wildman–Crippen MR) is 55.2 cm³/mol. The molecule has 1 saturated heterocycles. The van der Waals surface area contributed by atoms with Crippen molar-refractivity contribution in [3.63, 3.8) is 0 Å². The van der Waals surface area contributed by atoms with Crippen molar-refractivity contribution in [3.8, 4) is 0 Å². The predicted octanol–water partition coefficient (Wildman–Crippen LogP) is 0.261. The van der Waals surface area contributed by atoms with Crippen LogP contribution in [0.2, 0.25) is 0 Å². The van der Waals surface area contributed by atoms with E-state index in [2.05, 4.69) is 0 Å². The van der Waals surface area contributed by atoms with E-state index in [9.17, 15) is 13.2 Å². The highest BCUT2D eigenvalue weighted by Crippen LogP contribution is 2.28. The van der Waals surface area contributed by atoms with E-state index in [1.807, 2.05) is 0 Å². The maximum atomic E-state index is 11.3. The maximum absolute atomic E-state index is 11.3. The van der Waals surface area contributed by atoms with Gasteiger partial charge in [-0.3, -0.25) is 4.79 Å². The summed E-state index contributed by atoms with van der Waals surface area (Å²) in [4.78, 5) is 12.8. The minimum Gasteiger partial charge on any atom is -0.338 e. The van der Waals surface area contributed by atoms with Crippen LogP contribution in [0.5, 0.6) is 0 Å². The van der Waals surface area contributed by atoms with Crippen molar-refractivity contribution >= 4 is 27.3 Å². The highest BCUT2D eigenvalue weighted by atomic mass is 35.5. The number of hydrogen-bond donors (Lipinski definition) is 0. The van der Waals surface area contributed by atoms with E-state index in [0.717, 1.165) is 0 Å². The van der Waals surface area contributed by atoms with Gasteiger partial charge >= 0.3 is 0 Å². The lowest BCUT2D eigenvalue weighted by atomic mass is 10.0. The van der Waals surface area contributed by atoms with Crippen LogP contribution in [0, 0.1) is 0 Å². The van der Waals surface area contributed by atoms with Crippen LogP contribution < -0.4 is 0 Å². The van der Waals surface area contributed by atoms with E-state index in [0.29, 0.717) is 6.42 Å². The van der Waals surface area contributed by atoms with Crippen molar-refractivity contribution in [3.05, 3.63) is 0 Å². The molecule has 1 atom stereocenters. The molecule has 1 fully saturated rings. The van der Waals surface area contributed by atoms with Crippen LogP contribution in [0.15, 0.2) is 0 Å². The van der Waals surface area contributed by atoms with Gasteiger partial charge in [-0.2, -0.15) is 0 Å². The van der Waals surface area contributed by atoms with Gasteiger partial charge in [0, 0.05) is 7.05 Å². The number of carbonyl (C=O) groups is 1. The van der Waals surface area contributed by atoms with Gasteiger partial charge in [-0.05, 0) is 13.3 Å². The largest absolute Gasteiger partial charge is 0.338 e. The van der Waals surface area contributed by atoms with Gasteiger partial charge in [0.15, 0.2) is 9.84 Å². The van der Waals surface area contributed by atoms with Crippen LogP contribution in [0.25, 0.3) is 0 Å². The molecule has 0 radical (unpaired) electrons. The first-order valence-corrected chi connectivity index (χ1v) is 6.69. The van der Waals surface area contributed by atoms with Gasteiger partial charge in [-0.1, -0.05) is 0 Å². The smallest absolute Gasteiger partial charge is 0.237 e. The molecule has 1 heterocycles. The molecule has 14 heavy (non-hydrogen) atoms. The quantitative estimate of drug-likeness (QED) is 0.650. The molecular formula is C8H14ClNO3S. The number of sulfone groups is 1. The van der Waals surface area contributed by atoms with E-state index >= 15 is 0 Å². The minimum absolute atomic E-state index is 0.0408. The lowest BCUT2D eigenvalue weighted by Gasteiger charge is -2.33. The third-order valence-electron chi connectivity index (χ3n) is 2.78. The molecule has 4 nitrogen and oxygen atoms in total. The monoisotopic (exact) mass is 239 g/mol. The van der Waals surface area contributed by atoms with Crippen LogP contribution >= 0.6 is 11.6 Å². The van der Waals surface area contributed by atoms with E-state index in [4.69, 9.17) is 11.6 Å². The Bertz CT molecular complexity index is 340. The first-order valence-electron chi connectivity index (χ1n) is 4.34. The molecule has 0 aromatic rings. The van der Waals surface area contributed by atoms with E-state index < -0.39 is 15.4 Å². The van der Waals surface area contributed by atoms with Crippen molar-refractivity contribution in [1.82, 2.24) is 4.90 Å². The van der Waals surface area contributed by atoms with Gasteiger partial charge in [-0.15, -0.1) is 11.6 Å². The van der Waals surface area contributed by atoms with Gasteiger partial charge in [0.2, 0.25) is 5.91 Å². The summed E-state index contributed by atoms with van der Waals surface area (Å²) in [5, 5.41) is 0.